The molecule has 3 aromatic rings. The summed E-state index contributed by atoms with van der Waals surface area (Å²) in [7, 11) is -4.33. The van der Waals surface area contributed by atoms with Crippen molar-refractivity contribution < 1.29 is 27.8 Å². The first kappa shape index (κ1) is 28.0. The summed E-state index contributed by atoms with van der Waals surface area (Å²) in [5.74, 6) is 0.0706. The van der Waals surface area contributed by atoms with E-state index in [0.29, 0.717) is 29.4 Å². The molecule has 2 aliphatic rings. The molecule has 0 saturated heterocycles. The Morgan fingerprint density at radius 1 is 1.18 bits per heavy atom. The molecule has 1 saturated carbocycles. The molecule has 1 unspecified atom stereocenters. The highest BCUT2D eigenvalue weighted by Crippen LogP contribution is 2.51. The lowest BCUT2D eigenvalue weighted by atomic mass is 10.1. The number of nitrogens with zero attached hydrogens (tertiary/aromatic N) is 4. The summed E-state index contributed by atoms with van der Waals surface area (Å²) in [6.45, 7) is 5.13. The van der Waals surface area contributed by atoms with Crippen molar-refractivity contribution in [3.8, 4) is 5.75 Å². The quantitative estimate of drug-likeness (QED) is 0.153. The third-order valence-corrected chi connectivity index (χ3v) is 7.61. The lowest BCUT2D eigenvalue weighted by Crippen LogP contribution is -2.37. The van der Waals surface area contributed by atoms with Crippen LogP contribution < -0.4 is 21.1 Å². The number of allylic oxidation sites excluding steroid dienone is 1. The summed E-state index contributed by atoms with van der Waals surface area (Å²) in [6.07, 6.45) is 8.30. The number of phosphoric acid groups is 1. The monoisotopic (exact) mass is 571 g/mol. The highest BCUT2D eigenvalue weighted by Gasteiger charge is 2.37. The van der Waals surface area contributed by atoms with Crippen molar-refractivity contribution in [3.05, 3.63) is 48.8 Å². The fraction of sp³-hybridized carbons (Fsp3) is 0.462. The van der Waals surface area contributed by atoms with Gasteiger partial charge in [-0.25, -0.2) is 14.3 Å². The number of carbonyl (C=O) groups excluding carboxylic acids is 1. The molecule has 1 fully saturated rings. The van der Waals surface area contributed by atoms with Gasteiger partial charge in [0.1, 0.15) is 11.8 Å². The summed E-state index contributed by atoms with van der Waals surface area (Å²) in [5.41, 5.74) is 9.85. The lowest BCUT2D eigenvalue weighted by molar-refractivity contribution is -0.143. The average Bonchev–Trinajstić information content (AvgIpc) is 3.43. The van der Waals surface area contributed by atoms with Gasteiger partial charge in [-0.3, -0.25) is 9.36 Å². The van der Waals surface area contributed by atoms with E-state index in [1.165, 1.54) is 6.92 Å². The van der Waals surface area contributed by atoms with Gasteiger partial charge in [-0.05, 0) is 52.2 Å². The van der Waals surface area contributed by atoms with Crippen molar-refractivity contribution in [3.63, 3.8) is 0 Å². The van der Waals surface area contributed by atoms with Gasteiger partial charge in [0.15, 0.2) is 17.0 Å². The second-order valence-electron chi connectivity index (χ2n) is 10.2. The van der Waals surface area contributed by atoms with Crippen molar-refractivity contribution in [2.75, 3.05) is 17.7 Å². The predicted octanol–water partition coefficient (Wildman–Crippen LogP) is 4.17. The number of imidazole rings is 1. The summed E-state index contributed by atoms with van der Waals surface area (Å²) >= 11 is 0. The number of phosphoric ester groups is 1. The van der Waals surface area contributed by atoms with Gasteiger partial charge >= 0.3 is 13.8 Å². The van der Waals surface area contributed by atoms with Crippen molar-refractivity contribution in [2.24, 2.45) is 5.92 Å². The average molecular weight is 572 g/mol. The van der Waals surface area contributed by atoms with Crippen molar-refractivity contribution in [2.45, 2.75) is 64.3 Å². The van der Waals surface area contributed by atoms with E-state index in [-0.39, 0.29) is 36.4 Å². The van der Waals surface area contributed by atoms with Crippen LogP contribution in [0, 0.1) is 5.92 Å². The van der Waals surface area contributed by atoms with Crippen LogP contribution in [0.3, 0.4) is 0 Å². The van der Waals surface area contributed by atoms with Gasteiger partial charge in [0.05, 0.1) is 25.1 Å². The third-order valence-electron chi connectivity index (χ3n) is 6.31. The molecule has 5 rings (SSSR count). The molecule has 0 amide bonds. The fourth-order valence-corrected chi connectivity index (χ4v) is 5.40. The molecule has 2 aliphatic carbocycles. The normalized spacial score (nSPS) is 20.9. The zero-order chi connectivity index (χ0) is 28.3. The number of rotatable bonds is 13. The zero-order valence-corrected chi connectivity index (χ0v) is 23.5. The van der Waals surface area contributed by atoms with E-state index >= 15 is 0 Å². The molecule has 0 radical (unpaired) electrons. The molecular formula is C26H34N7O6P. The first-order valence-corrected chi connectivity index (χ1v) is 14.7. The summed E-state index contributed by atoms with van der Waals surface area (Å²) in [5, 5.41) is 3.36. The Balaban J connectivity index is 1.25. The Morgan fingerprint density at radius 3 is 2.67 bits per heavy atom. The maximum Gasteiger partial charge on any atom is 0.589 e. The second-order valence-corrected chi connectivity index (χ2v) is 11.7. The van der Waals surface area contributed by atoms with Gasteiger partial charge in [0, 0.05) is 12.0 Å². The van der Waals surface area contributed by atoms with E-state index in [1.807, 2.05) is 16.7 Å². The van der Waals surface area contributed by atoms with Gasteiger partial charge in [0.25, 0.3) is 0 Å². The van der Waals surface area contributed by atoms with E-state index in [1.54, 1.807) is 50.5 Å². The van der Waals surface area contributed by atoms with Crippen LogP contribution in [0.1, 0.15) is 46.1 Å². The molecule has 1 aromatic carbocycles. The van der Waals surface area contributed by atoms with Gasteiger partial charge < -0.3 is 24.7 Å². The van der Waals surface area contributed by atoms with Crippen LogP contribution in [0.5, 0.6) is 5.75 Å². The van der Waals surface area contributed by atoms with Gasteiger partial charge in [-0.1, -0.05) is 30.4 Å². The topological polar surface area (TPSA) is 165 Å². The molecule has 0 spiro atoms. The van der Waals surface area contributed by atoms with Crippen molar-refractivity contribution >= 4 is 36.7 Å². The molecule has 13 nitrogen and oxygen atoms in total. The standard InChI is InChI=1S/C26H34N7O6P/c1-16(2)37-32-17(3)25(34)39-40(35,38-21-7-5-4-6-8-21)36-14-18-9-12-20(13-18)33-15-28-22-23(29-19-10-11-19)30-26(27)31-24(22)33/h4-9,12,15-20,32H,10-11,13-14H2,1-3H3,(H3,27,29,30,31)/t17-,18+,20-,40?/m0/s1. The fourth-order valence-electron chi connectivity index (χ4n) is 4.12. The molecule has 14 heteroatoms. The maximum atomic E-state index is 13.6. The highest BCUT2D eigenvalue weighted by atomic mass is 31.2. The summed E-state index contributed by atoms with van der Waals surface area (Å²) in [6, 6.07) is 7.81. The number of anilines is 2. The van der Waals surface area contributed by atoms with E-state index in [9.17, 15) is 9.36 Å². The predicted molar refractivity (Wildman–Crippen MR) is 148 cm³/mol. The molecular weight excluding hydrogens is 537 g/mol. The Kier molecular flexibility index (Phi) is 8.36. The number of hydrogen-bond donors (Lipinski definition) is 3. The van der Waals surface area contributed by atoms with Gasteiger partial charge in [-0.2, -0.15) is 15.4 Å². The lowest BCUT2D eigenvalue weighted by Gasteiger charge is -2.22. The highest BCUT2D eigenvalue weighted by molar-refractivity contribution is 7.49. The van der Waals surface area contributed by atoms with Crippen molar-refractivity contribution in [1.82, 2.24) is 25.0 Å². The number of hydroxylamine groups is 1. The molecule has 4 N–H and O–H groups in total. The molecule has 4 atom stereocenters. The number of fused-ring (bicyclic) bond motifs is 1. The number of nitrogen functional groups attached to an aromatic ring is 1. The molecule has 2 aromatic heterocycles. The Bertz CT molecular complexity index is 1410. The smallest absolute Gasteiger partial charge is 0.395 e. The van der Waals surface area contributed by atoms with Crippen LogP contribution in [0.25, 0.3) is 11.2 Å². The van der Waals surface area contributed by atoms with E-state index in [4.69, 9.17) is 24.1 Å². The van der Waals surface area contributed by atoms with E-state index < -0.39 is 19.8 Å². The first-order chi connectivity index (χ1) is 19.2. The van der Waals surface area contributed by atoms with Crippen LogP contribution in [0.15, 0.2) is 48.8 Å². The van der Waals surface area contributed by atoms with Crippen LogP contribution in [0.2, 0.25) is 0 Å². The summed E-state index contributed by atoms with van der Waals surface area (Å²) < 4.78 is 32.1. The van der Waals surface area contributed by atoms with Crippen molar-refractivity contribution in [1.29, 1.82) is 0 Å². The first-order valence-electron chi connectivity index (χ1n) is 13.3. The Labute approximate surface area is 232 Å². The van der Waals surface area contributed by atoms with Gasteiger partial charge in [-0.15, -0.1) is 0 Å². The summed E-state index contributed by atoms with van der Waals surface area (Å²) in [4.78, 5) is 31.2. The van der Waals surface area contributed by atoms with Crippen LogP contribution >= 0.6 is 7.82 Å². The second kappa shape index (κ2) is 11.9. The minimum absolute atomic E-state index is 0.00701. The number of nitrogens with one attached hydrogen (secondary N) is 2. The maximum absolute atomic E-state index is 13.6. The number of nitrogens with two attached hydrogens (primary N) is 1. The van der Waals surface area contributed by atoms with Crippen LogP contribution in [0.4, 0.5) is 11.8 Å². The van der Waals surface area contributed by atoms with Gasteiger partial charge in [0.2, 0.25) is 5.95 Å². The SMILES string of the molecule is CC(C)ON[C@@H](C)C(=O)OP(=O)(OC[C@@H]1C=C[C@H](n2cnc3c(NC4CC4)nc(N)nc32)C1)Oc1ccccc1. The third kappa shape index (κ3) is 6.97. The Morgan fingerprint density at radius 2 is 1.95 bits per heavy atom. The number of aromatic nitrogens is 4. The number of para-hydroxylation sites is 1. The molecule has 0 bridgehead atoms. The molecule has 2 heterocycles. The number of hydrogen-bond acceptors (Lipinski definition) is 12. The number of benzene rings is 1. The molecule has 0 aliphatic heterocycles. The minimum atomic E-state index is -4.33. The molecule has 40 heavy (non-hydrogen) atoms. The Hall–Kier alpha value is -3.51. The molecule has 214 valence electrons. The minimum Gasteiger partial charge on any atom is -0.395 e. The zero-order valence-electron chi connectivity index (χ0n) is 22.6. The van der Waals surface area contributed by atoms with E-state index in [0.717, 1.165) is 12.8 Å². The largest absolute Gasteiger partial charge is 0.589 e. The van der Waals surface area contributed by atoms with E-state index in [2.05, 4.69) is 25.7 Å². The van der Waals surface area contributed by atoms with Crippen LogP contribution in [-0.2, 0) is 23.2 Å². The van der Waals surface area contributed by atoms with Crippen LogP contribution in [-0.4, -0.2) is 50.3 Å². The number of carbonyl (C=O) groups is 1.